The first-order valence-corrected chi connectivity index (χ1v) is 15.3. The highest BCUT2D eigenvalue weighted by Gasteiger charge is 2.10. The zero-order valence-electron chi connectivity index (χ0n) is 24.5. The third-order valence-corrected chi connectivity index (χ3v) is 6.55. The van der Waals surface area contributed by atoms with Crippen molar-refractivity contribution in [3.05, 3.63) is 0 Å². The van der Waals surface area contributed by atoms with Crippen LogP contribution in [0, 0.1) is 5.92 Å². The highest BCUT2D eigenvalue weighted by atomic mass is 16.5. The smallest absolute Gasteiger partial charge is 0.305 e. The molecule has 0 aromatic carbocycles. The average molecular weight is 535 g/mol. The predicted molar refractivity (Wildman–Crippen MR) is 152 cm³/mol. The van der Waals surface area contributed by atoms with E-state index in [2.05, 4.69) is 20.8 Å². The topological polar surface area (TPSA) is 116 Å². The number of carbonyl (C=O) groups is 1. The van der Waals surface area contributed by atoms with Gasteiger partial charge in [-0.15, -0.1) is 0 Å². The quantitative estimate of drug-likeness (QED) is 0.0802. The monoisotopic (exact) mass is 534 g/mol. The maximum Gasteiger partial charge on any atom is 0.305 e. The number of ether oxygens (including phenoxy) is 2. The Balaban J connectivity index is 0. The fraction of sp³-hybridized carbons (Fsp3) is 0.967. The van der Waals surface area contributed by atoms with E-state index in [1.807, 2.05) is 0 Å². The van der Waals surface area contributed by atoms with Gasteiger partial charge in [-0.25, -0.2) is 0 Å². The molecular formula is C30H62O7. The second kappa shape index (κ2) is 31.5. The first-order chi connectivity index (χ1) is 17.9. The molecule has 0 rings (SSSR count). The summed E-state index contributed by atoms with van der Waals surface area (Å²) in [6.45, 7) is 6.52. The van der Waals surface area contributed by atoms with Gasteiger partial charge in [-0.05, 0) is 18.8 Å². The SMILES string of the molecule is CCCCCCCCCCCCCCCC(=O)OCC(CC)CCCC.OCC(O)COCC(O)CO. The predicted octanol–water partition coefficient (Wildman–Crippen LogP) is 5.94. The summed E-state index contributed by atoms with van der Waals surface area (Å²) >= 11 is 0. The van der Waals surface area contributed by atoms with E-state index in [1.165, 1.54) is 96.3 Å². The zero-order valence-corrected chi connectivity index (χ0v) is 24.5. The molecule has 7 heteroatoms. The Hall–Kier alpha value is -0.730. The summed E-state index contributed by atoms with van der Waals surface area (Å²) in [5.41, 5.74) is 0. The highest BCUT2D eigenvalue weighted by molar-refractivity contribution is 5.69. The number of hydrogen-bond acceptors (Lipinski definition) is 7. The summed E-state index contributed by atoms with van der Waals surface area (Å²) in [5, 5.41) is 34.1. The lowest BCUT2D eigenvalue weighted by molar-refractivity contribution is -0.145. The molecule has 224 valence electrons. The van der Waals surface area contributed by atoms with E-state index in [0.717, 1.165) is 12.8 Å². The summed E-state index contributed by atoms with van der Waals surface area (Å²) < 4.78 is 10.2. The number of esters is 1. The van der Waals surface area contributed by atoms with E-state index < -0.39 is 12.2 Å². The van der Waals surface area contributed by atoms with Gasteiger partial charge in [0.05, 0.1) is 33.0 Å². The molecule has 3 atom stereocenters. The normalized spacial score (nSPS) is 13.5. The summed E-state index contributed by atoms with van der Waals surface area (Å²) in [4.78, 5) is 11.8. The maximum atomic E-state index is 11.8. The van der Waals surface area contributed by atoms with Crippen molar-refractivity contribution >= 4 is 5.97 Å². The first kappa shape index (κ1) is 38.4. The number of aliphatic hydroxyl groups is 4. The largest absolute Gasteiger partial charge is 0.465 e. The summed E-state index contributed by atoms with van der Waals surface area (Å²) in [6, 6.07) is 0. The molecule has 0 aliphatic carbocycles. The Morgan fingerprint density at radius 3 is 1.46 bits per heavy atom. The molecule has 3 unspecified atom stereocenters. The van der Waals surface area contributed by atoms with Gasteiger partial charge >= 0.3 is 5.97 Å². The van der Waals surface area contributed by atoms with Gasteiger partial charge in [-0.1, -0.05) is 117 Å². The molecule has 0 fully saturated rings. The van der Waals surface area contributed by atoms with E-state index >= 15 is 0 Å². The van der Waals surface area contributed by atoms with E-state index in [-0.39, 0.29) is 32.4 Å². The van der Waals surface area contributed by atoms with Crippen molar-refractivity contribution in [2.45, 2.75) is 149 Å². The molecule has 0 amide bonds. The molecule has 0 aromatic heterocycles. The van der Waals surface area contributed by atoms with E-state index in [0.29, 0.717) is 18.9 Å². The third kappa shape index (κ3) is 31.4. The Morgan fingerprint density at radius 2 is 1.05 bits per heavy atom. The molecule has 0 bridgehead atoms. The number of rotatable bonds is 26. The van der Waals surface area contributed by atoms with Crippen molar-refractivity contribution in [1.29, 1.82) is 0 Å². The van der Waals surface area contributed by atoms with Crippen LogP contribution >= 0.6 is 0 Å². The maximum absolute atomic E-state index is 11.8. The fourth-order valence-corrected chi connectivity index (χ4v) is 3.91. The minimum Gasteiger partial charge on any atom is -0.465 e. The highest BCUT2D eigenvalue weighted by Crippen LogP contribution is 2.15. The van der Waals surface area contributed by atoms with Crippen molar-refractivity contribution in [2.24, 2.45) is 5.92 Å². The Kier molecular flexibility index (Phi) is 32.7. The van der Waals surface area contributed by atoms with Crippen molar-refractivity contribution in [2.75, 3.05) is 33.0 Å². The fourth-order valence-electron chi connectivity index (χ4n) is 3.91. The summed E-state index contributed by atoms with van der Waals surface area (Å²) in [7, 11) is 0. The average Bonchev–Trinajstić information content (AvgIpc) is 2.91. The lowest BCUT2D eigenvalue weighted by Gasteiger charge is -2.14. The van der Waals surface area contributed by atoms with Gasteiger partial charge in [0.2, 0.25) is 0 Å². The number of hydrogen-bond donors (Lipinski definition) is 4. The van der Waals surface area contributed by atoms with E-state index in [9.17, 15) is 4.79 Å². The van der Waals surface area contributed by atoms with Crippen molar-refractivity contribution in [3.63, 3.8) is 0 Å². The van der Waals surface area contributed by atoms with Gasteiger partial charge in [0.15, 0.2) is 0 Å². The number of aliphatic hydroxyl groups excluding tert-OH is 4. The minimum atomic E-state index is -0.916. The lowest BCUT2D eigenvalue weighted by atomic mass is 10.0. The van der Waals surface area contributed by atoms with Crippen molar-refractivity contribution in [3.8, 4) is 0 Å². The van der Waals surface area contributed by atoms with Gasteiger partial charge in [0.1, 0.15) is 12.2 Å². The molecule has 0 aliphatic heterocycles. The molecule has 0 heterocycles. The molecule has 0 spiro atoms. The van der Waals surface area contributed by atoms with Gasteiger partial charge in [0.25, 0.3) is 0 Å². The molecular weight excluding hydrogens is 472 g/mol. The molecule has 37 heavy (non-hydrogen) atoms. The van der Waals surface area contributed by atoms with Crippen LogP contribution in [0.25, 0.3) is 0 Å². The van der Waals surface area contributed by atoms with E-state index in [4.69, 9.17) is 29.9 Å². The van der Waals surface area contributed by atoms with Gasteiger partial charge < -0.3 is 29.9 Å². The van der Waals surface area contributed by atoms with Crippen LogP contribution in [0.1, 0.15) is 136 Å². The minimum absolute atomic E-state index is 0.0167. The molecule has 0 radical (unpaired) electrons. The van der Waals surface area contributed by atoms with Crippen LogP contribution in [-0.4, -0.2) is 71.6 Å². The standard InChI is InChI=1S/C24H48O2.C6H14O5/c1-4-7-9-10-11-12-13-14-15-16-17-18-19-21-24(25)26-22-23(6-3)20-8-5-2;7-1-5(9)3-11-4-6(10)2-8/h23H,4-22H2,1-3H3;5-10H,1-4H2. The molecule has 0 saturated carbocycles. The third-order valence-electron chi connectivity index (χ3n) is 6.55. The van der Waals surface area contributed by atoms with Crippen LogP contribution in [0.15, 0.2) is 0 Å². The molecule has 0 aromatic rings. The van der Waals surface area contributed by atoms with Crippen LogP contribution in [0.2, 0.25) is 0 Å². The summed E-state index contributed by atoms with van der Waals surface area (Å²) in [6.07, 6.45) is 21.0. The van der Waals surface area contributed by atoms with Crippen molar-refractivity contribution < 1.29 is 34.7 Å². The van der Waals surface area contributed by atoms with Crippen LogP contribution in [-0.2, 0) is 14.3 Å². The zero-order chi connectivity index (χ0) is 28.0. The second-order valence-corrected chi connectivity index (χ2v) is 10.3. The van der Waals surface area contributed by atoms with Gasteiger partial charge in [-0.2, -0.15) is 0 Å². The Labute approximate surface area is 228 Å². The number of carbonyl (C=O) groups excluding carboxylic acids is 1. The molecule has 0 saturated heterocycles. The van der Waals surface area contributed by atoms with Gasteiger partial charge in [0, 0.05) is 6.42 Å². The summed E-state index contributed by atoms with van der Waals surface area (Å²) in [5.74, 6) is 0.577. The van der Waals surface area contributed by atoms with Crippen molar-refractivity contribution in [1.82, 2.24) is 0 Å². The van der Waals surface area contributed by atoms with Gasteiger partial charge in [-0.3, -0.25) is 4.79 Å². The van der Waals surface area contributed by atoms with Crippen LogP contribution < -0.4 is 0 Å². The van der Waals surface area contributed by atoms with Crippen LogP contribution in [0.5, 0.6) is 0 Å². The Bertz CT molecular complexity index is 438. The lowest BCUT2D eigenvalue weighted by Crippen LogP contribution is -2.25. The molecule has 0 aliphatic rings. The molecule has 4 N–H and O–H groups in total. The first-order valence-electron chi connectivity index (χ1n) is 15.3. The van der Waals surface area contributed by atoms with E-state index in [1.54, 1.807) is 0 Å². The molecule has 7 nitrogen and oxygen atoms in total. The van der Waals surface area contributed by atoms with Crippen LogP contribution in [0.3, 0.4) is 0 Å². The Morgan fingerprint density at radius 1 is 0.622 bits per heavy atom. The second-order valence-electron chi connectivity index (χ2n) is 10.3. The number of unbranched alkanes of at least 4 members (excludes halogenated alkanes) is 13. The van der Waals surface area contributed by atoms with Crippen LogP contribution in [0.4, 0.5) is 0 Å².